The second kappa shape index (κ2) is 4.71. The molecule has 0 unspecified atom stereocenters. The van der Waals surface area contributed by atoms with E-state index in [4.69, 9.17) is 5.73 Å². The van der Waals surface area contributed by atoms with E-state index in [1.807, 2.05) is 25.2 Å². The maximum atomic E-state index is 5.75. The predicted octanol–water partition coefficient (Wildman–Crippen LogP) is 2.90. The molecule has 2 aromatic carbocycles. The van der Waals surface area contributed by atoms with Crippen molar-refractivity contribution in [3.8, 4) is 0 Å². The van der Waals surface area contributed by atoms with Crippen molar-refractivity contribution >= 4 is 11.4 Å². The second-order valence-corrected chi connectivity index (χ2v) is 3.87. The zero-order valence-corrected chi connectivity index (χ0v) is 9.40. The van der Waals surface area contributed by atoms with Gasteiger partial charge in [-0.2, -0.15) is 0 Å². The lowest BCUT2D eigenvalue weighted by Gasteiger charge is -2.04. The molecule has 2 rings (SSSR count). The van der Waals surface area contributed by atoms with Gasteiger partial charge in [0.25, 0.3) is 0 Å². The zero-order valence-electron chi connectivity index (χ0n) is 9.40. The Kier molecular flexibility index (Phi) is 3.10. The Morgan fingerprint density at radius 2 is 1.75 bits per heavy atom. The van der Waals surface area contributed by atoms with Crippen LogP contribution in [0.4, 0.5) is 11.4 Å². The molecule has 82 valence electrons. The molecule has 2 heteroatoms. The number of anilines is 2. The maximum absolute atomic E-state index is 5.75. The Balaban J connectivity index is 2.14. The van der Waals surface area contributed by atoms with Crippen LogP contribution in [0.15, 0.2) is 48.5 Å². The van der Waals surface area contributed by atoms with Crippen LogP contribution < -0.4 is 11.1 Å². The molecule has 3 N–H and O–H groups in total. The Morgan fingerprint density at radius 3 is 2.38 bits per heavy atom. The van der Waals surface area contributed by atoms with E-state index in [9.17, 15) is 0 Å². The SMILES string of the molecule is CNc1ccc(Cc2cccc(N)c2)cc1. The fraction of sp³-hybridized carbons (Fsp3) is 0.143. The molecule has 2 aromatic rings. The summed E-state index contributed by atoms with van der Waals surface area (Å²) >= 11 is 0. The van der Waals surface area contributed by atoms with Crippen molar-refractivity contribution in [2.75, 3.05) is 18.1 Å². The highest BCUT2D eigenvalue weighted by Gasteiger charge is 1.97. The average Bonchev–Trinajstić information content (AvgIpc) is 2.30. The maximum Gasteiger partial charge on any atom is 0.0337 e. The molecule has 0 saturated carbocycles. The van der Waals surface area contributed by atoms with Crippen molar-refractivity contribution in [2.45, 2.75) is 6.42 Å². The minimum absolute atomic E-state index is 0.823. The lowest BCUT2D eigenvalue weighted by atomic mass is 10.0. The molecule has 0 bridgehead atoms. The van der Waals surface area contributed by atoms with Gasteiger partial charge in [-0.1, -0.05) is 24.3 Å². The van der Waals surface area contributed by atoms with Crippen LogP contribution in [0.1, 0.15) is 11.1 Å². The number of hydrogen-bond donors (Lipinski definition) is 2. The highest BCUT2D eigenvalue weighted by atomic mass is 14.8. The minimum Gasteiger partial charge on any atom is -0.399 e. The summed E-state index contributed by atoms with van der Waals surface area (Å²) in [5, 5.41) is 3.11. The van der Waals surface area contributed by atoms with Crippen molar-refractivity contribution < 1.29 is 0 Å². The summed E-state index contributed by atoms with van der Waals surface area (Å²) in [6.45, 7) is 0. The van der Waals surface area contributed by atoms with Crippen LogP contribution in [0, 0.1) is 0 Å². The predicted molar refractivity (Wildman–Crippen MR) is 69.6 cm³/mol. The molecule has 0 atom stereocenters. The van der Waals surface area contributed by atoms with E-state index in [-0.39, 0.29) is 0 Å². The molecule has 0 saturated heterocycles. The van der Waals surface area contributed by atoms with Crippen LogP contribution in [0.25, 0.3) is 0 Å². The first kappa shape index (κ1) is 10.6. The van der Waals surface area contributed by atoms with Gasteiger partial charge in [0.1, 0.15) is 0 Å². The summed E-state index contributed by atoms with van der Waals surface area (Å²) in [5.41, 5.74) is 10.3. The van der Waals surface area contributed by atoms with Gasteiger partial charge in [-0.25, -0.2) is 0 Å². The van der Waals surface area contributed by atoms with Crippen molar-refractivity contribution in [2.24, 2.45) is 0 Å². The Labute approximate surface area is 96.1 Å². The van der Waals surface area contributed by atoms with E-state index >= 15 is 0 Å². The molecule has 0 amide bonds. The van der Waals surface area contributed by atoms with Crippen LogP contribution in [-0.2, 0) is 6.42 Å². The third-order valence-electron chi connectivity index (χ3n) is 2.60. The summed E-state index contributed by atoms with van der Waals surface area (Å²) in [7, 11) is 1.92. The van der Waals surface area contributed by atoms with Gasteiger partial charge in [-0.15, -0.1) is 0 Å². The molecular weight excluding hydrogens is 196 g/mol. The summed E-state index contributed by atoms with van der Waals surface area (Å²) in [5.74, 6) is 0. The zero-order chi connectivity index (χ0) is 11.4. The van der Waals surface area contributed by atoms with Crippen LogP contribution in [-0.4, -0.2) is 7.05 Å². The highest BCUT2D eigenvalue weighted by Crippen LogP contribution is 2.14. The number of nitrogens with two attached hydrogens (primary N) is 1. The molecule has 0 heterocycles. The molecule has 0 aliphatic heterocycles. The van der Waals surface area contributed by atoms with Gasteiger partial charge >= 0.3 is 0 Å². The first-order chi connectivity index (χ1) is 7.78. The third kappa shape index (κ3) is 2.54. The molecule has 0 aliphatic rings. The first-order valence-corrected chi connectivity index (χ1v) is 5.39. The summed E-state index contributed by atoms with van der Waals surface area (Å²) in [6, 6.07) is 16.5. The average molecular weight is 212 g/mol. The van der Waals surface area contributed by atoms with E-state index in [2.05, 4.69) is 35.6 Å². The van der Waals surface area contributed by atoms with Gasteiger partial charge in [0.2, 0.25) is 0 Å². The molecule has 0 aliphatic carbocycles. The molecule has 16 heavy (non-hydrogen) atoms. The summed E-state index contributed by atoms with van der Waals surface area (Å²) in [6.07, 6.45) is 0.926. The smallest absolute Gasteiger partial charge is 0.0337 e. The summed E-state index contributed by atoms with van der Waals surface area (Å²) in [4.78, 5) is 0. The fourth-order valence-electron chi connectivity index (χ4n) is 1.73. The van der Waals surface area contributed by atoms with Crippen molar-refractivity contribution in [1.29, 1.82) is 0 Å². The van der Waals surface area contributed by atoms with Gasteiger partial charge in [-0.3, -0.25) is 0 Å². The number of hydrogen-bond acceptors (Lipinski definition) is 2. The molecule has 0 radical (unpaired) electrons. The second-order valence-electron chi connectivity index (χ2n) is 3.87. The van der Waals surface area contributed by atoms with Crippen LogP contribution in [0.3, 0.4) is 0 Å². The number of rotatable bonds is 3. The van der Waals surface area contributed by atoms with Crippen molar-refractivity contribution in [3.63, 3.8) is 0 Å². The quantitative estimate of drug-likeness (QED) is 0.768. The lowest BCUT2D eigenvalue weighted by Crippen LogP contribution is -1.92. The van der Waals surface area contributed by atoms with Gasteiger partial charge in [-0.05, 0) is 41.8 Å². The molecule has 0 aromatic heterocycles. The van der Waals surface area contributed by atoms with E-state index in [0.717, 1.165) is 17.8 Å². The monoisotopic (exact) mass is 212 g/mol. The van der Waals surface area contributed by atoms with E-state index in [0.29, 0.717) is 0 Å². The molecule has 0 fully saturated rings. The molecular formula is C14H16N2. The number of nitrogen functional groups attached to an aromatic ring is 1. The Morgan fingerprint density at radius 1 is 1.00 bits per heavy atom. The normalized spacial score (nSPS) is 10.1. The molecule has 0 spiro atoms. The lowest BCUT2D eigenvalue weighted by molar-refractivity contribution is 1.19. The van der Waals surface area contributed by atoms with Crippen molar-refractivity contribution in [3.05, 3.63) is 59.7 Å². The summed E-state index contributed by atoms with van der Waals surface area (Å²) < 4.78 is 0. The van der Waals surface area contributed by atoms with Crippen LogP contribution in [0.5, 0.6) is 0 Å². The Hall–Kier alpha value is -1.96. The Bertz CT molecular complexity index is 460. The van der Waals surface area contributed by atoms with E-state index in [1.165, 1.54) is 11.1 Å². The largest absolute Gasteiger partial charge is 0.399 e. The van der Waals surface area contributed by atoms with Gasteiger partial charge < -0.3 is 11.1 Å². The first-order valence-electron chi connectivity index (χ1n) is 5.39. The highest BCUT2D eigenvalue weighted by molar-refractivity contribution is 5.46. The van der Waals surface area contributed by atoms with Crippen molar-refractivity contribution in [1.82, 2.24) is 0 Å². The fourth-order valence-corrected chi connectivity index (χ4v) is 1.73. The van der Waals surface area contributed by atoms with Crippen LogP contribution >= 0.6 is 0 Å². The third-order valence-corrected chi connectivity index (χ3v) is 2.60. The van der Waals surface area contributed by atoms with Gasteiger partial charge in [0, 0.05) is 18.4 Å². The van der Waals surface area contributed by atoms with E-state index < -0.39 is 0 Å². The topological polar surface area (TPSA) is 38.0 Å². The molecule has 2 nitrogen and oxygen atoms in total. The van der Waals surface area contributed by atoms with Crippen LogP contribution in [0.2, 0.25) is 0 Å². The number of nitrogens with one attached hydrogen (secondary N) is 1. The number of benzene rings is 2. The van der Waals surface area contributed by atoms with E-state index in [1.54, 1.807) is 0 Å². The van der Waals surface area contributed by atoms with Gasteiger partial charge in [0.15, 0.2) is 0 Å². The standard InChI is InChI=1S/C14H16N2/c1-16-14-7-5-11(6-8-14)9-12-3-2-4-13(15)10-12/h2-8,10,16H,9,15H2,1H3. The van der Waals surface area contributed by atoms with Gasteiger partial charge in [0.05, 0.1) is 0 Å². The minimum atomic E-state index is 0.823.